The van der Waals surface area contributed by atoms with Crippen molar-refractivity contribution in [3.05, 3.63) is 60.2 Å². The number of aromatic nitrogens is 5. The van der Waals surface area contributed by atoms with Gasteiger partial charge in [-0.1, -0.05) is 30.3 Å². The summed E-state index contributed by atoms with van der Waals surface area (Å²) in [7, 11) is 0. The molecule has 1 aromatic carbocycles. The van der Waals surface area contributed by atoms with Crippen molar-refractivity contribution in [1.82, 2.24) is 34.7 Å². The van der Waals surface area contributed by atoms with E-state index in [1.54, 1.807) is 12.5 Å². The van der Waals surface area contributed by atoms with Gasteiger partial charge >= 0.3 is 0 Å². The summed E-state index contributed by atoms with van der Waals surface area (Å²) in [6.45, 7) is 10.5. The minimum Gasteiger partial charge on any atom is -0.490 e. The van der Waals surface area contributed by atoms with Gasteiger partial charge in [-0.3, -0.25) is 9.88 Å². The molecule has 1 N–H and O–H groups in total. The molecule has 0 radical (unpaired) electrons. The Morgan fingerprint density at radius 2 is 1.84 bits per heavy atom. The topological polar surface area (TPSA) is 90.2 Å². The number of benzene rings is 1. The van der Waals surface area contributed by atoms with Gasteiger partial charge in [-0.25, -0.2) is 9.97 Å². The zero-order valence-electron chi connectivity index (χ0n) is 21.9. The molecule has 1 saturated carbocycles. The van der Waals surface area contributed by atoms with E-state index in [1.807, 2.05) is 24.4 Å². The third-order valence-corrected chi connectivity index (χ3v) is 7.26. The number of imidazole rings is 1. The molecule has 4 aromatic rings. The molecule has 0 unspecified atom stereocenters. The standard InChI is InChI=1S/C28H33N7O2.ClH/c1-20-22(16-30-17-23(20)36-15-14-34-12-10-29-11-13-34)25-33-24-26(35(25)18-21-6-4-3-5-7-21)31-19-32-27(24)37-28(2)8-9-28;/h3-7,16-17,19,29H,8-15,18H2,1-2H3;1H. The smallest absolute Gasteiger partial charge is 0.245 e. The van der Waals surface area contributed by atoms with Gasteiger partial charge < -0.3 is 19.4 Å². The van der Waals surface area contributed by atoms with E-state index in [-0.39, 0.29) is 18.0 Å². The number of piperazine rings is 1. The van der Waals surface area contributed by atoms with Gasteiger partial charge in [0.2, 0.25) is 5.88 Å². The fourth-order valence-electron chi connectivity index (χ4n) is 4.72. The summed E-state index contributed by atoms with van der Waals surface area (Å²) in [6, 6.07) is 10.3. The van der Waals surface area contributed by atoms with E-state index in [4.69, 9.17) is 14.5 Å². The van der Waals surface area contributed by atoms with E-state index in [9.17, 15) is 0 Å². The Kier molecular flexibility index (Phi) is 7.78. The molecule has 9 nitrogen and oxygen atoms in total. The number of hydrogen-bond donors (Lipinski definition) is 1. The van der Waals surface area contributed by atoms with Crippen LogP contribution >= 0.6 is 12.4 Å². The number of nitrogens with one attached hydrogen (secondary N) is 1. The quantitative estimate of drug-likeness (QED) is 0.345. The van der Waals surface area contributed by atoms with E-state index in [0.29, 0.717) is 24.5 Å². The Balaban J connectivity index is 0.00000294. The van der Waals surface area contributed by atoms with Crippen LogP contribution in [0.1, 0.15) is 30.9 Å². The van der Waals surface area contributed by atoms with Crippen molar-refractivity contribution in [2.45, 2.75) is 38.8 Å². The average molecular weight is 536 g/mol. The highest BCUT2D eigenvalue weighted by Crippen LogP contribution is 2.41. The summed E-state index contributed by atoms with van der Waals surface area (Å²) < 4.78 is 14.6. The number of rotatable bonds is 9. The molecular weight excluding hydrogens is 502 g/mol. The van der Waals surface area contributed by atoms with Crippen molar-refractivity contribution in [2.75, 3.05) is 39.3 Å². The molecule has 2 aliphatic rings. The lowest BCUT2D eigenvalue weighted by atomic mass is 10.1. The van der Waals surface area contributed by atoms with Gasteiger partial charge in [0, 0.05) is 50.0 Å². The Hall–Kier alpha value is -3.27. The Morgan fingerprint density at radius 1 is 1.05 bits per heavy atom. The second-order valence-electron chi connectivity index (χ2n) is 10.2. The number of ether oxygens (including phenoxy) is 2. The summed E-state index contributed by atoms with van der Waals surface area (Å²) >= 11 is 0. The number of nitrogens with zero attached hydrogens (tertiary/aromatic N) is 6. The summed E-state index contributed by atoms with van der Waals surface area (Å²) in [6.07, 6.45) is 7.26. The van der Waals surface area contributed by atoms with E-state index < -0.39 is 0 Å². The third-order valence-electron chi connectivity index (χ3n) is 7.26. The van der Waals surface area contributed by atoms with Gasteiger partial charge in [-0.15, -0.1) is 12.4 Å². The third kappa shape index (κ3) is 5.60. The molecule has 1 aliphatic carbocycles. The van der Waals surface area contributed by atoms with Crippen LogP contribution in [0, 0.1) is 6.92 Å². The fraction of sp³-hybridized carbons (Fsp3) is 0.429. The summed E-state index contributed by atoms with van der Waals surface area (Å²) in [5, 5.41) is 3.39. The van der Waals surface area contributed by atoms with Crippen LogP contribution in [0.4, 0.5) is 0 Å². The zero-order valence-corrected chi connectivity index (χ0v) is 22.7. The summed E-state index contributed by atoms with van der Waals surface area (Å²) in [4.78, 5) is 21.1. The van der Waals surface area contributed by atoms with Gasteiger partial charge in [-0.05, 0) is 32.3 Å². The van der Waals surface area contributed by atoms with E-state index in [2.05, 4.69) is 55.7 Å². The molecule has 3 aromatic heterocycles. The second-order valence-corrected chi connectivity index (χ2v) is 10.2. The van der Waals surface area contributed by atoms with E-state index >= 15 is 0 Å². The maximum Gasteiger partial charge on any atom is 0.245 e. The number of halogens is 1. The van der Waals surface area contributed by atoms with Crippen molar-refractivity contribution in [3.63, 3.8) is 0 Å². The van der Waals surface area contributed by atoms with Gasteiger partial charge in [0.25, 0.3) is 0 Å². The molecule has 2 fully saturated rings. The maximum absolute atomic E-state index is 6.27. The lowest BCUT2D eigenvalue weighted by Crippen LogP contribution is -2.44. The van der Waals surface area contributed by atoms with Crippen LogP contribution in [0.5, 0.6) is 11.6 Å². The SMILES string of the molecule is Cc1c(OCCN2CCNCC2)cncc1-c1nc2c(OC3(C)CC3)ncnc2n1Cc1ccccc1.Cl. The lowest BCUT2D eigenvalue weighted by molar-refractivity contribution is 0.190. The van der Waals surface area contributed by atoms with E-state index in [0.717, 1.165) is 79.5 Å². The minimum atomic E-state index is -0.166. The van der Waals surface area contributed by atoms with E-state index in [1.165, 1.54) is 0 Å². The summed E-state index contributed by atoms with van der Waals surface area (Å²) in [5.74, 6) is 2.09. The molecule has 10 heteroatoms. The number of hydrogen-bond acceptors (Lipinski definition) is 8. The first kappa shape index (κ1) is 26.3. The highest BCUT2D eigenvalue weighted by atomic mass is 35.5. The monoisotopic (exact) mass is 535 g/mol. The highest BCUT2D eigenvalue weighted by molar-refractivity contribution is 5.85. The van der Waals surface area contributed by atoms with Crippen molar-refractivity contribution in [1.29, 1.82) is 0 Å². The van der Waals surface area contributed by atoms with Crippen molar-refractivity contribution >= 4 is 23.6 Å². The molecule has 6 rings (SSSR count). The zero-order chi connectivity index (χ0) is 25.2. The molecule has 200 valence electrons. The molecule has 1 aliphatic heterocycles. The number of fused-ring (bicyclic) bond motifs is 1. The fourth-order valence-corrected chi connectivity index (χ4v) is 4.72. The predicted octanol–water partition coefficient (Wildman–Crippen LogP) is 3.88. The molecule has 0 spiro atoms. The molecule has 38 heavy (non-hydrogen) atoms. The molecule has 1 saturated heterocycles. The molecule has 4 heterocycles. The molecule has 0 amide bonds. The van der Waals surface area contributed by atoms with Crippen LogP contribution in [0.3, 0.4) is 0 Å². The van der Waals surface area contributed by atoms with Gasteiger partial charge in [-0.2, -0.15) is 4.98 Å². The van der Waals surface area contributed by atoms with Crippen LogP contribution in [0.15, 0.2) is 49.1 Å². The van der Waals surface area contributed by atoms with Crippen molar-refractivity contribution in [3.8, 4) is 23.0 Å². The lowest BCUT2D eigenvalue weighted by Gasteiger charge is -2.27. The number of pyridine rings is 1. The molecule has 0 bridgehead atoms. The Labute approximate surface area is 229 Å². The van der Waals surface area contributed by atoms with Gasteiger partial charge in [0.15, 0.2) is 11.2 Å². The van der Waals surface area contributed by atoms with Crippen LogP contribution < -0.4 is 14.8 Å². The molecule has 0 atom stereocenters. The average Bonchev–Trinajstić information content (AvgIpc) is 3.54. The first-order chi connectivity index (χ1) is 18.1. The van der Waals surface area contributed by atoms with Crippen molar-refractivity contribution < 1.29 is 9.47 Å². The summed E-state index contributed by atoms with van der Waals surface area (Å²) in [5.41, 5.74) is 4.33. The first-order valence-electron chi connectivity index (χ1n) is 13.0. The second kappa shape index (κ2) is 11.2. The highest BCUT2D eigenvalue weighted by Gasteiger charge is 2.41. The largest absolute Gasteiger partial charge is 0.490 e. The van der Waals surface area contributed by atoms with Crippen LogP contribution in [0.2, 0.25) is 0 Å². The van der Waals surface area contributed by atoms with Crippen LogP contribution in [-0.4, -0.2) is 74.3 Å². The van der Waals surface area contributed by atoms with Crippen molar-refractivity contribution in [2.24, 2.45) is 0 Å². The van der Waals surface area contributed by atoms with Gasteiger partial charge in [0.1, 0.15) is 30.1 Å². The van der Waals surface area contributed by atoms with Crippen LogP contribution in [-0.2, 0) is 6.54 Å². The molecular formula is C28H34ClN7O2. The predicted molar refractivity (Wildman–Crippen MR) is 149 cm³/mol. The Morgan fingerprint density at radius 3 is 2.61 bits per heavy atom. The Bertz CT molecular complexity index is 1380. The maximum atomic E-state index is 6.27. The first-order valence-corrected chi connectivity index (χ1v) is 13.0. The van der Waals surface area contributed by atoms with Gasteiger partial charge in [0.05, 0.1) is 12.7 Å². The normalized spacial score (nSPS) is 16.7. The van der Waals surface area contributed by atoms with Crippen LogP contribution in [0.25, 0.3) is 22.6 Å². The minimum absolute atomic E-state index is 0.